The maximum Gasteiger partial charge on any atom is 0.191 e. The van der Waals surface area contributed by atoms with Gasteiger partial charge in [0.2, 0.25) is 0 Å². The molecule has 2 atom stereocenters. The van der Waals surface area contributed by atoms with Crippen LogP contribution in [0, 0.1) is 0 Å². The van der Waals surface area contributed by atoms with Crippen molar-refractivity contribution in [1.29, 1.82) is 0 Å². The maximum atomic E-state index is 5.72. The summed E-state index contributed by atoms with van der Waals surface area (Å²) in [5.74, 6) is 2.10. The van der Waals surface area contributed by atoms with Gasteiger partial charge in [0.05, 0.1) is 25.3 Å². The van der Waals surface area contributed by atoms with Crippen molar-refractivity contribution in [2.45, 2.75) is 32.4 Å². The van der Waals surface area contributed by atoms with Crippen LogP contribution in [0.25, 0.3) is 0 Å². The fourth-order valence-corrected chi connectivity index (χ4v) is 4.22. The number of nitrogens with zero attached hydrogens (tertiary/aromatic N) is 2. The van der Waals surface area contributed by atoms with Gasteiger partial charge in [-0.15, -0.1) is 35.3 Å². The molecule has 2 unspecified atom stereocenters. The largest absolute Gasteiger partial charge is 0.376 e. The SMILES string of the molecule is CCNC(=NCC(c1cccs1)N1CCOC(C)C1)NCCCSC.I. The summed E-state index contributed by atoms with van der Waals surface area (Å²) in [5, 5.41) is 8.97. The molecule has 1 fully saturated rings. The van der Waals surface area contributed by atoms with Crippen LogP contribution in [0.3, 0.4) is 0 Å². The molecule has 1 aromatic rings. The predicted octanol–water partition coefficient (Wildman–Crippen LogP) is 3.44. The van der Waals surface area contributed by atoms with Crippen LogP contribution in [0.2, 0.25) is 0 Å². The smallest absolute Gasteiger partial charge is 0.191 e. The molecule has 0 saturated carbocycles. The predicted molar refractivity (Wildman–Crippen MR) is 126 cm³/mol. The second-order valence-corrected chi connectivity index (χ2v) is 8.17. The van der Waals surface area contributed by atoms with E-state index in [1.165, 1.54) is 10.6 Å². The minimum atomic E-state index is 0. The molecule has 5 nitrogen and oxygen atoms in total. The molecule has 0 amide bonds. The molecule has 2 N–H and O–H groups in total. The minimum absolute atomic E-state index is 0. The molecule has 0 radical (unpaired) electrons. The Hall–Kier alpha value is -0.0300. The highest BCUT2D eigenvalue weighted by Gasteiger charge is 2.26. The summed E-state index contributed by atoms with van der Waals surface area (Å²) in [6.07, 6.45) is 3.59. The van der Waals surface area contributed by atoms with E-state index in [1.54, 1.807) is 0 Å². The first-order chi connectivity index (χ1) is 12.2. The van der Waals surface area contributed by atoms with E-state index in [4.69, 9.17) is 9.73 Å². The molecule has 26 heavy (non-hydrogen) atoms. The number of guanidine groups is 1. The Morgan fingerprint density at radius 2 is 2.35 bits per heavy atom. The summed E-state index contributed by atoms with van der Waals surface area (Å²) in [6.45, 7) is 9.62. The second kappa shape index (κ2) is 14.0. The lowest BCUT2D eigenvalue weighted by Gasteiger charge is -2.36. The lowest BCUT2D eigenvalue weighted by molar-refractivity contribution is -0.0327. The van der Waals surface area contributed by atoms with Gasteiger partial charge in [0.15, 0.2) is 5.96 Å². The van der Waals surface area contributed by atoms with Crippen LogP contribution < -0.4 is 10.6 Å². The Morgan fingerprint density at radius 1 is 1.50 bits per heavy atom. The average Bonchev–Trinajstić information content (AvgIpc) is 3.13. The highest BCUT2D eigenvalue weighted by Crippen LogP contribution is 2.27. The summed E-state index contributed by atoms with van der Waals surface area (Å²) in [6, 6.07) is 4.68. The fourth-order valence-electron chi connectivity index (χ4n) is 2.94. The monoisotopic (exact) mass is 512 g/mol. The van der Waals surface area contributed by atoms with Gasteiger partial charge < -0.3 is 15.4 Å². The van der Waals surface area contributed by atoms with Crippen LogP contribution in [-0.4, -0.2) is 68.3 Å². The first-order valence-electron chi connectivity index (χ1n) is 9.14. The number of morpholine rings is 1. The van der Waals surface area contributed by atoms with Gasteiger partial charge in [0.1, 0.15) is 0 Å². The topological polar surface area (TPSA) is 48.9 Å². The van der Waals surface area contributed by atoms with Gasteiger partial charge in [0.25, 0.3) is 0 Å². The molecule has 0 bridgehead atoms. The summed E-state index contributed by atoms with van der Waals surface area (Å²) in [5.41, 5.74) is 0. The second-order valence-electron chi connectivity index (χ2n) is 6.20. The van der Waals surface area contributed by atoms with E-state index in [-0.39, 0.29) is 30.1 Å². The lowest BCUT2D eigenvalue weighted by Crippen LogP contribution is -2.44. The fraction of sp³-hybridized carbons (Fsp3) is 0.722. The summed E-state index contributed by atoms with van der Waals surface area (Å²) in [7, 11) is 0. The van der Waals surface area contributed by atoms with Crippen LogP contribution in [0.4, 0.5) is 0 Å². The number of ether oxygens (including phenoxy) is 1. The quantitative estimate of drug-likeness (QED) is 0.230. The van der Waals surface area contributed by atoms with Crippen molar-refractivity contribution in [3.05, 3.63) is 22.4 Å². The zero-order valence-corrected chi connectivity index (χ0v) is 20.0. The number of aliphatic imine (C=N–C) groups is 1. The molecule has 0 spiro atoms. The van der Waals surface area contributed by atoms with Gasteiger partial charge in [-0.25, -0.2) is 0 Å². The molecule has 0 aromatic carbocycles. The van der Waals surface area contributed by atoms with Gasteiger partial charge in [-0.05, 0) is 43.7 Å². The number of hydrogen-bond donors (Lipinski definition) is 2. The number of rotatable bonds is 9. The number of nitrogens with one attached hydrogen (secondary N) is 2. The van der Waals surface area contributed by atoms with Crippen molar-refractivity contribution in [2.24, 2.45) is 4.99 Å². The Kier molecular flexibility index (Phi) is 13.0. The van der Waals surface area contributed by atoms with E-state index >= 15 is 0 Å². The standard InChI is InChI=1S/C18H32N4OS2.HI/c1-4-19-18(20-8-6-11-24-3)21-13-16(17-7-5-12-25-17)22-9-10-23-15(2)14-22;/h5,7,12,15-16H,4,6,8-11,13-14H2,1-3H3,(H2,19,20,21);1H. The Bertz CT molecular complexity index is 501. The van der Waals surface area contributed by atoms with E-state index in [0.29, 0.717) is 6.04 Å². The summed E-state index contributed by atoms with van der Waals surface area (Å²) >= 11 is 3.70. The Balaban J connectivity index is 0.00000338. The van der Waals surface area contributed by atoms with E-state index in [9.17, 15) is 0 Å². The molecule has 1 aliphatic heterocycles. The Labute approximate surface area is 183 Å². The van der Waals surface area contributed by atoms with E-state index in [1.807, 2.05) is 23.1 Å². The molecular weight excluding hydrogens is 479 g/mol. The zero-order chi connectivity index (χ0) is 17.9. The van der Waals surface area contributed by atoms with E-state index in [2.05, 4.69) is 53.1 Å². The van der Waals surface area contributed by atoms with Gasteiger partial charge in [0, 0.05) is 31.1 Å². The molecule has 8 heteroatoms. The third-order valence-corrected chi connectivity index (χ3v) is 5.84. The third-order valence-electron chi connectivity index (χ3n) is 4.17. The minimum Gasteiger partial charge on any atom is -0.376 e. The number of thiophene rings is 1. The van der Waals surface area contributed by atoms with Crippen molar-refractivity contribution in [3.63, 3.8) is 0 Å². The highest BCUT2D eigenvalue weighted by molar-refractivity contribution is 14.0. The molecular formula is C18H33IN4OS2. The van der Waals surface area contributed by atoms with Crippen LogP contribution in [0.15, 0.2) is 22.5 Å². The van der Waals surface area contributed by atoms with Crippen LogP contribution in [0.1, 0.15) is 31.2 Å². The summed E-state index contributed by atoms with van der Waals surface area (Å²) in [4.78, 5) is 8.78. The number of hydrogen-bond acceptors (Lipinski definition) is 5. The van der Waals surface area contributed by atoms with Gasteiger partial charge in [-0.2, -0.15) is 11.8 Å². The van der Waals surface area contributed by atoms with Crippen molar-refractivity contribution in [3.8, 4) is 0 Å². The van der Waals surface area contributed by atoms with Crippen molar-refractivity contribution in [2.75, 3.05) is 51.3 Å². The van der Waals surface area contributed by atoms with Crippen molar-refractivity contribution >= 4 is 53.0 Å². The first-order valence-corrected chi connectivity index (χ1v) is 11.4. The highest BCUT2D eigenvalue weighted by atomic mass is 127. The molecule has 150 valence electrons. The normalized spacial score (nSPS) is 19.7. The lowest BCUT2D eigenvalue weighted by atomic mass is 10.1. The Morgan fingerprint density at radius 3 is 3.00 bits per heavy atom. The first kappa shape index (κ1) is 24.0. The van der Waals surface area contributed by atoms with Gasteiger partial charge in [-0.3, -0.25) is 9.89 Å². The van der Waals surface area contributed by atoms with Gasteiger partial charge >= 0.3 is 0 Å². The third kappa shape index (κ3) is 8.33. The van der Waals surface area contributed by atoms with Crippen LogP contribution >= 0.6 is 47.1 Å². The van der Waals surface area contributed by atoms with E-state index < -0.39 is 0 Å². The molecule has 2 rings (SSSR count). The van der Waals surface area contributed by atoms with Crippen LogP contribution in [0.5, 0.6) is 0 Å². The van der Waals surface area contributed by atoms with Gasteiger partial charge in [-0.1, -0.05) is 6.07 Å². The molecule has 2 heterocycles. The summed E-state index contributed by atoms with van der Waals surface area (Å²) < 4.78 is 5.72. The average molecular weight is 513 g/mol. The zero-order valence-electron chi connectivity index (χ0n) is 16.1. The maximum absolute atomic E-state index is 5.72. The molecule has 0 aliphatic carbocycles. The number of thioether (sulfide) groups is 1. The molecule has 1 aliphatic rings. The molecule has 1 saturated heterocycles. The van der Waals surface area contributed by atoms with Crippen molar-refractivity contribution < 1.29 is 4.74 Å². The van der Waals surface area contributed by atoms with Crippen molar-refractivity contribution in [1.82, 2.24) is 15.5 Å². The van der Waals surface area contributed by atoms with Crippen LogP contribution in [-0.2, 0) is 4.74 Å². The number of halogens is 1. The molecule has 1 aromatic heterocycles. The van der Waals surface area contributed by atoms with E-state index in [0.717, 1.165) is 51.7 Å².